The molecule has 3 aliphatic rings. The summed E-state index contributed by atoms with van der Waals surface area (Å²) in [6.45, 7) is 2.11. The van der Waals surface area contributed by atoms with Gasteiger partial charge < -0.3 is 10.6 Å². The Bertz CT molecular complexity index is 1130. The summed E-state index contributed by atoms with van der Waals surface area (Å²) in [5, 5.41) is 9.02. The second kappa shape index (κ2) is 7.63. The van der Waals surface area contributed by atoms with Gasteiger partial charge in [0.15, 0.2) is 0 Å². The average molecular weight is 418 g/mol. The largest absolute Gasteiger partial charge is 0.381 e. The Morgan fingerprint density at radius 2 is 1.84 bits per heavy atom. The van der Waals surface area contributed by atoms with Gasteiger partial charge in [0.25, 0.3) is 11.8 Å². The van der Waals surface area contributed by atoms with Crippen molar-refractivity contribution in [3.05, 3.63) is 64.2 Å². The second-order valence-electron chi connectivity index (χ2n) is 8.01. The van der Waals surface area contributed by atoms with Crippen molar-refractivity contribution in [2.24, 2.45) is 0 Å². The van der Waals surface area contributed by atoms with Crippen molar-refractivity contribution < 1.29 is 19.2 Å². The van der Waals surface area contributed by atoms with Crippen LogP contribution in [0.2, 0.25) is 0 Å². The van der Waals surface area contributed by atoms with Gasteiger partial charge in [0.05, 0.1) is 11.1 Å². The molecule has 1 fully saturated rings. The summed E-state index contributed by atoms with van der Waals surface area (Å²) in [6, 6.07) is 10.4. The van der Waals surface area contributed by atoms with Gasteiger partial charge in [-0.2, -0.15) is 0 Å². The molecule has 0 bridgehead atoms. The molecule has 0 radical (unpaired) electrons. The molecule has 2 aromatic carbocycles. The van der Waals surface area contributed by atoms with Gasteiger partial charge in [-0.3, -0.25) is 29.4 Å². The second-order valence-corrected chi connectivity index (χ2v) is 8.01. The van der Waals surface area contributed by atoms with Gasteiger partial charge >= 0.3 is 0 Å². The molecule has 3 heterocycles. The molecule has 0 spiro atoms. The molecule has 0 saturated carbocycles. The zero-order valence-electron chi connectivity index (χ0n) is 16.9. The van der Waals surface area contributed by atoms with Crippen molar-refractivity contribution in [1.29, 1.82) is 0 Å². The van der Waals surface area contributed by atoms with Crippen LogP contribution < -0.4 is 16.0 Å². The molecule has 0 aliphatic carbocycles. The number of carbonyl (C=O) groups excluding carboxylic acids is 4. The van der Waals surface area contributed by atoms with Crippen LogP contribution in [0.5, 0.6) is 0 Å². The molecule has 158 valence electrons. The molecule has 3 N–H and O–H groups in total. The van der Waals surface area contributed by atoms with E-state index < -0.39 is 23.8 Å². The lowest BCUT2D eigenvalue weighted by Gasteiger charge is -2.27. The van der Waals surface area contributed by atoms with E-state index in [-0.39, 0.29) is 18.7 Å². The van der Waals surface area contributed by atoms with Crippen LogP contribution in [0, 0.1) is 0 Å². The zero-order chi connectivity index (χ0) is 21.5. The third-order valence-electron chi connectivity index (χ3n) is 6.17. The Balaban J connectivity index is 1.41. The molecule has 4 amide bonds. The zero-order valence-corrected chi connectivity index (χ0v) is 16.9. The molecule has 8 nitrogen and oxygen atoms in total. The van der Waals surface area contributed by atoms with E-state index >= 15 is 0 Å². The Morgan fingerprint density at radius 1 is 1.00 bits per heavy atom. The summed E-state index contributed by atoms with van der Waals surface area (Å²) >= 11 is 0. The molecular formula is C23H22N4O4. The quantitative estimate of drug-likeness (QED) is 0.647. The molecule has 1 unspecified atom stereocenters. The van der Waals surface area contributed by atoms with E-state index in [1.165, 1.54) is 11.1 Å². The van der Waals surface area contributed by atoms with Crippen molar-refractivity contribution >= 4 is 29.3 Å². The minimum Gasteiger partial charge on any atom is -0.381 e. The van der Waals surface area contributed by atoms with Crippen LogP contribution in [0.25, 0.3) is 0 Å². The first kappa shape index (κ1) is 19.4. The van der Waals surface area contributed by atoms with Gasteiger partial charge in [-0.1, -0.05) is 24.3 Å². The number of rotatable bonds is 4. The highest BCUT2D eigenvalue weighted by Crippen LogP contribution is 2.31. The summed E-state index contributed by atoms with van der Waals surface area (Å²) < 4.78 is 0. The molecule has 5 rings (SSSR count). The topological polar surface area (TPSA) is 108 Å². The number of nitrogens with zero attached hydrogens (tertiary/aromatic N) is 1. The van der Waals surface area contributed by atoms with Crippen LogP contribution in [-0.2, 0) is 29.1 Å². The van der Waals surface area contributed by atoms with Gasteiger partial charge in [-0.05, 0) is 48.2 Å². The van der Waals surface area contributed by atoms with Crippen molar-refractivity contribution in [2.45, 2.75) is 38.4 Å². The molecule has 0 aromatic heterocycles. The Morgan fingerprint density at radius 3 is 2.68 bits per heavy atom. The first-order valence-electron chi connectivity index (χ1n) is 10.4. The number of benzene rings is 2. The van der Waals surface area contributed by atoms with Gasteiger partial charge in [0, 0.05) is 25.2 Å². The lowest BCUT2D eigenvalue weighted by molar-refractivity contribution is -0.136. The monoisotopic (exact) mass is 418 g/mol. The van der Waals surface area contributed by atoms with Crippen molar-refractivity contribution in [3.63, 3.8) is 0 Å². The molecule has 31 heavy (non-hydrogen) atoms. The fourth-order valence-corrected chi connectivity index (χ4v) is 4.60. The van der Waals surface area contributed by atoms with Crippen LogP contribution in [-0.4, -0.2) is 41.1 Å². The molecular weight excluding hydrogens is 396 g/mol. The summed E-state index contributed by atoms with van der Waals surface area (Å²) in [6.07, 6.45) is 1.22. The first-order valence-corrected chi connectivity index (χ1v) is 10.4. The minimum absolute atomic E-state index is 0.103. The Labute approximate surface area is 179 Å². The van der Waals surface area contributed by atoms with E-state index in [9.17, 15) is 19.2 Å². The van der Waals surface area contributed by atoms with Crippen LogP contribution in [0.1, 0.15) is 50.2 Å². The fourth-order valence-electron chi connectivity index (χ4n) is 4.60. The van der Waals surface area contributed by atoms with E-state index in [2.05, 4.69) is 22.0 Å². The summed E-state index contributed by atoms with van der Waals surface area (Å²) in [7, 11) is 0. The maximum absolute atomic E-state index is 13.2. The molecule has 8 heteroatoms. The maximum atomic E-state index is 13.2. The van der Waals surface area contributed by atoms with Crippen LogP contribution in [0.4, 0.5) is 5.69 Å². The smallest absolute Gasteiger partial charge is 0.262 e. The summed E-state index contributed by atoms with van der Waals surface area (Å²) in [5.74, 6) is -1.96. The molecule has 1 atom stereocenters. The fraction of sp³-hybridized carbons (Fsp3) is 0.304. The molecule has 3 aliphatic heterocycles. The lowest BCUT2D eigenvalue weighted by Crippen LogP contribution is -2.54. The highest BCUT2D eigenvalue weighted by molar-refractivity contribution is 6.24. The number of anilines is 1. The predicted octanol–water partition coefficient (Wildman–Crippen LogP) is 1.35. The number of carbonyl (C=O) groups is 4. The number of hydrogen-bond acceptors (Lipinski definition) is 6. The van der Waals surface area contributed by atoms with Gasteiger partial charge in [-0.15, -0.1) is 0 Å². The van der Waals surface area contributed by atoms with Crippen molar-refractivity contribution in [3.8, 4) is 0 Å². The molecule has 2 aromatic rings. The van der Waals surface area contributed by atoms with Gasteiger partial charge in [-0.25, -0.2) is 0 Å². The third kappa shape index (κ3) is 3.29. The minimum atomic E-state index is -0.960. The summed E-state index contributed by atoms with van der Waals surface area (Å²) in [4.78, 5) is 50.9. The number of hydrogen-bond donors (Lipinski definition) is 3. The van der Waals surface area contributed by atoms with Crippen LogP contribution in [0.3, 0.4) is 0 Å². The number of amides is 4. The van der Waals surface area contributed by atoms with Crippen LogP contribution in [0.15, 0.2) is 36.4 Å². The lowest BCUT2D eigenvalue weighted by atomic mass is 9.98. The average Bonchev–Trinajstić information content (AvgIpc) is 3.03. The summed E-state index contributed by atoms with van der Waals surface area (Å²) in [5.41, 5.74) is 4.85. The van der Waals surface area contributed by atoms with E-state index in [4.69, 9.17) is 0 Å². The van der Waals surface area contributed by atoms with Crippen molar-refractivity contribution in [1.82, 2.24) is 15.5 Å². The molecule has 1 saturated heterocycles. The highest BCUT2D eigenvalue weighted by Gasteiger charge is 2.45. The normalized spacial score (nSPS) is 20.4. The van der Waals surface area contributed by atoms with Gasteiger partial charge in [0.1, 0.15) is 6.04 Å². The van der Waals surface area contributed by atoms with E-state index in [0.29, 0.717) is 23.2 Å². The standard InChI is InChI=1S/C23H22N4O4/c28-19-8-7-18(21(29)26-19)27-22(30)15-5-1-4-14(20(15)23(27)31)11-25-17-6-2-3-13-9-10-24-12-16(13)17/h1-6,18,24-25H,7-12H2,(H,26,28,29). The number of nitrogens with one attached hydrogen (secondary N) is 3. The van der Waals surface area contributed by atoms with Crippen molar-refractivity contribution in [2.75, 3.05) is 11.9 Å². The third-order valence-corrected chi connectivity index (χ3v) is 6.17. The van der Waals surface area contributed by atoms with Gasteiger partial charge in [0.2, 0.25) is 11.8 Å². The predicted molar refractivity (Wildman–Crippen MR) is 112 cm³/mol. The highest BCUT2D eigenvalue weighted by atomic mass is 16.2. The van der Waals surface area contributed by atoms with E-state index in [0.717, 1.165) is 30.1 Å². The SMILES string of the molecule is O=C1CCC(N2C(=O)c3cccc(CNc4cccc5c4CNCC5)c3C2=O)C(=O)N1. The van der Waals surface area contributed by atoms with Crippen LogP contribution >= 0.6 is 0 Å². The number of piperidine rings is 1. The maximum Gasteiger partial charge on any atom is 0.262 e. The Hall–Kier alpha value is -3.52. The number of imide groups is 2. The Kier molecular flexibility index (Phi) is 4.78. The first-order chi connectivity index (χ1) is 15.0. The van der Waals surface area contributed by atoms with E-state index in [1.807, 2.05) is 18.2 Å². The van der Waals surface area contributed by atoms with E-state index in [1.54, 1.807) is 12.1 Å². The number of fused-ring (bicyclic) bond motifs is 2.